The Morgan fingerprint density at radius 2 is 2.20 bits per heavy atom. The first-order valence-electron chi connectivity index (χ1n) is 7.35. The third-order valence-electron chi connectivity index (χ3n) is 3.36. The highest BCUT2D eigenvalue weighted by Gasteiger charge is 2.21. The fourth-order valence-corrected chi connectivity index (χ4v) is 1.99. The standard InChI is InChI=1S/C16H25N3O/c1-12-5-4-6-15(9-12)20-13(2)10-18-16(17-3)19-11-14-7-8-14/h4-6,9,13-14H,7-8,10-11H2,1-3H3,(H2,17,18,19). The van der Waals surface area contributed by atoms with E-state index in [0.29, 0.717) is 0 Å². The summed E-state index contributed by atoms with van der Waals surface area (Å²) in [4.78, 5) is 4.22. The molecule has 110 valence electrons. The number of ether oxygens (including phenoxy) is 1. The van der Waals surface area contributed by atoms with Crippen LogP contribution in [0, 0.1) is 12.8 Å². The Labute approximate surface area is 121 Å². The number of aryl methyl sites for hydroxylation is 1. The molecule has 1 aliphatic rings. The molecular formula is C16H25N3O. The van der Waals surface area contributed by atoms with E-state index in [-0.39, 0.29) is 6.10 Å². The lowest BCUT2D eigenvalue weighted by Crippen LogP contribution is -2.42. The predicted molar refractivity (Wildman–Crippen MR) is 83.4 cm³/mol. The van der Waals surface area contributed by atoms with Gasteiger partial charge in [0.15, 0.2) is 5.96 Å². The van der Waals surface area contributed by atoms with Crippen molar-refractivity contribution in [2.45, 2.75) is 32.8 Å². The van der Waals surface area contributed by atoms with Crippen LogP contribution in [-0.4, -0.2) is 32.2 Å². The van der Waals surface area contributed by atoms with Gasteiger partial charge in [0.1, 0.15) is 11.9 Å². The molecule has 0 spiro atoms. The van der Waals surface area contributed by atoms with E-state index in [1.165, 1.54) is 18.4 Å². The minimum Gasteiger partial charge on any atom is -0.489 e. The Morgan fingerprint density at radius 1 is 1.40 bits per heavy atom. The number of nitrogens with zero attached hydrogens (tertiary/aromatic N) is 1. The first-order valence-corrected chi connectivity index (χ1v) is 7.35. The monoisotopic (exact) mass is 275 g/mol. The van der Waals surface area contributed by atoms with E-state index in [4.69, 9.17) is 4.74 Å². The molecule has 0 amide bonds. The normalized spacial score (nSPS) is 16.6. The number of guanidine groups is 1. The summed E-state index contributed by atoms with van der Waals surface area (Å²) >= 11 is 0. The summed E-state index contributed by atoms with van der Waals surface area (Å²) in [5.41, 5.74) is 1.21. The second-order valence-corrected chi connectivity index (χ2v) is 5.52. The van der Waals surface area contributed by atoms with Crippen LogP contribution in [-0.2, 0) is 0 Å². The Balaban J connectivity index is 1.71. The maximum Gasteiger partial charge on any atom is 0.191 e. The van der Waals surface area contributed by atoms with Gasteiger partial charge in [-0.1, -0.05) is 12.1 Å². The Morgan fingerprint density at radius 3 is 2.85 bits per heavy atom. The van der Waals surface area contributed by atoms with Gasteiger partial charge in [-0.3, -0.25) is 4.99 Å². The van der Waals surface area contributed by atoms with Crippen molar-refractivity contribution in [3.05, 3.63) is 29.8 Å². The van der Waals surface area contributed by atoms with Crippen LogP contribution in [0.25, 0.3) is 0 Å². The number of benzene rings is 1. The van der Waals surface area contributed by atoms with Gasteiger partial charge >= 0.3 is 0 Å². The van der Waals surface area contributed by atoms with Crippen LogP contribution in [0.3, 0.4) is 0 Å². The second-order valence-electron chi connectivity index (χ2n) is 5.52. The topological polar surface area (TPSA) is 45.7 Å². The smallest absolute Gasteiger partial charge is 0.191 e. The molecule has 1 saturated carbocycles. The summed E-state index contributed by atoms with van der Waals surface area (Å²) in [6, 6.07) is 8.13. The number of hydrogen-bond acceptors (Lipinski definition) is 2. The first kappa shape index (κ1) is 14.7. The summed E-state index contributed by atoms with van der Waals surface area (Å²) in [6.07, 6.45) is 2.78. The minimum atomic E-state index is 0.0938. The van der Waals surface area contributed by atoms with Crippen LogP contribution in [0.5, 0.6) is 5.75 Å². The average Bonchev–Trinajstić information content (AvgIpc) is 3.23. The molecule has 4 heteroatoms. The van der Waals surface area contributed by atoms with Gasteiger partial charge in [-0.25, -0.2) is 0 Å². The summed E-state index contributed by atoms with van der Waals surface area (Å²) < 4.78 is 5.88. The minimum absolute atomic E-state index is 0.0938. The van der Waals surface area contributed by atoms with Crippen LogP contribution in [0.1, 0.15) is 25.3 Å². The highest BCUT2D eigenvalue weighted by atomic mass is 16.5. The van der Waals surface area contributed by atoms with Crippen LogP contribution >= 0.6 is 0 Å². The second kappa shape index (κ2) is 7.17. The van der Waals surface area contributed by atoms with Crippen LogP contribution in [0.15, 0.2) is 29.3 Å². The van der Waals surface area contributed by atoms with E-state index >= 15 is 0 Å². The molecule has 0 bridgehead atoms. The van der Waals surface area contributed by atoms with Gasteiger partial charge in [-0.05, 0) is 50.3 Å². The zero-order valence-electron chi connectivity index (χ0n) is 12.6. The van der Waals surface area contributed by atoms with E-state index in [9.17, 15) is 0 Å². The Kier molecular flexibility index (Phi) is 5.27. The molecule has 2 rings (SSSR count). The molecule has 4 nitrogen and oxygen atoms in total. The molecule has 1 aromatic carbocycles. The summed E-state index contributed by atoms with van der Waals surface area (Å²) in [7, 11) is 1.80. The molecule has 1 aliphatic carbocycles. The quantitative estimate of drug-likeness (QED) is 0.619. The van der Waals surface area contributed by atoms with Gasteiger partial charge in [0.2, 0.25) is 0 Å². The molecule has 1 fully saturated rings. The lowest BCUT2D eigenvalue weighted by molar-refractivity contribution is 0.223. The van der Waals surface area contributed by atoms with Crippen molar-refractivity contribution in [3.8, 4) is 5.75 Å². The van der Waals surface area contributed by atoms with Crippen molar-refractivity contribution in [3.63, 3.8) is 0 Å². The largest absolute Gasteiger partial charge is 0.489 e. The summed E-state index contributed by atoms with van der Waals surface area (Å²) in [5, 5.41) is 6.64. The zero-order valence-corrected chi connectivity index (χ0v) is 12.6. The van der Waals surface area contributed by atoms with Crippen molar-refractivity contribution in [2.24, 2.45) is 10.9 Å². The van der Waals surface area contributed by atoms with Crippen molar-refractivity contribution in [1.29, 1.82) is 0 Å². The van der Waals surface area contributed by atoms with Gasteiger partial charge in [0, 0.05) is 13.6 Å². The number of hydrogen-bond donors (Lipinski definition) is 2. The lowest BCUT2D eigenvalue weighted by atomic mass is 10.2. The number of aliphatic imine (C=N–C) groups is 1. The Bertz CT molecular complexity index is 455. The molecule has 0 radical (unpaired) electrons. The van der Waals surface area contributed by atoms with Crippen molar-refractivity contribution >= 4 is 5.96 Å². The molecule has 20 heavy (non-hydrogen) atoms. The van der Waals surface area contributed by atoms with Gasteiger partial charge in [-0.2, -0.15) is 0 Å². The van der Waals surface area contributed by atoms with E-state index < -0.39 is 0 Å². The molecule has 1 atom stereocenters. The number of nitrogens with one attached hydrogen (secondary N) is 2. The molecule has 1 unspecified atom stereocenters. The molecule has 0 heterocycles. The first-order chi connectivity index (χ1) is 9.67. The molecule has 0 saturated heterocycles. The van der Waals surface area contributed by atoms with Gasteiger partial charge in [0.25, 0.3) is 0 Å². The number of rotatable bonds is 6. The molecule has 0 aromatic heterocycles. The summed E-state index contributed by atoms with van der Waals surface area (Å²) in [5.74, 6) is 2.62. The van der Waals surface area contributed by atoms with Crippen LogP contribution < -0.4 is 15.4 Å². The van der Waals surface area contributed by atoms with Crippen LogP contribution in [0.2, 0.25) is 0 Å². The highest BCUT2D eigenvalue weighted by molar-refractivity contribution is 5.79. The highest BCUT2D eigenvalue weighted by Crippen LogP contribution is 2.27. The fourth-order valence-electron chi connectivity index (χ4n) is 1.99. The van der Waals surface area contributed by atoms with Gasteiger partial charge in [0.05, 0.1) is 6.54 Å². The van der Waals surface area contributed by atoms with Gasteiger partial charge < -0.3 is 15.4 Å². The predicted octanol–water partition coefficient (Wildman–Crippen LogP) is 2.34. The fraction of sp³-hybridized carbons (Fsp3) is 0.562. The summed E-state index contributed by atoms with van der Waals surface area (Å²) in [6.45, 7) is 5.88. The van der Waals surface area contributed by atoms with E-state index in [1.807, 2.05) is 12.1 Å². The van der Waals surface area contributed by atoms with Crippen molar-refractivity contribution in [1.82, 2.24) is 10.6 Å². The van der Waals surface area contributed by atoms with E-state index in [1.54, 1.807) is 7.05 Å². The van der Waals surface area contributed by atoms with E-state index in [2.05, 4.69) is 41.6 Å². The lowest BCUT2D eigenvalue weighted by Gasteiger charge is -2.18. The SMILES string of the molecule is CN=C(NCC1CC1)NCC(C)Oc1cccc(C)c1. The third kappa shape index (κ3) is 5.11. The Hall–Kier alpha value is -1.71. The molecule has 2 N–H and O–H groups in total. The molecule has 1 aromatic rings. The maximum atomic E-state index is 5.88. The van der Waals surface area contributed by atoms with Crippen molar-refractivity contribution in [2.75, 3.05) is 20.1 Å². The van der Waals surface area contributed by atoms with Crippen LogP contribution in [0.4, 0.5) is 0 Å². The van der Waals surface area contributed by atoms with Crippen molar-refractivity contribution < 1.29 is 4.74 Å². The van der Waals surface area contributed by atoms with Gasteiger partial charge in [-0.15, -0.1) is 0 Å². The third-order valence-corrected chi connectivity index (χ3v) is 3.36. The average molecular weight is 275 g/mol. The maximum absolute atomic E-state index is 5.88. The van der Waals surface area contributed by atoms with E-state index in [0.717, 1.165) is 30.7 Å². The zero-order chi connectivity index (χ0) is 14.4. The molecular weight excluding hydrogens is 250 g/mol. The molecule has 0 aliphatic heterocycles.